The number of nitriles is 1. The number of ether oxygens (including phenoxy) is 1. The Bertz CT molecular complexity index is 674. The number of nitrogens with zero attached hydrogens (tertiary/aromatic N) is 2. The minimum absolute atomic E-state index is 0.162. The van der Waals surface area contributed by atoms with Crippen LogP contribution in [0.4, 0.5) is 0 Å². The maximum atomic E-state index is 11.7. The first kappa shape index (κ1) is 14.4. The van der Waals surface area contributed by atoms with Gasteiger partial charge < -0.3 is 20.1 Å². The van der Waals surface area contributed by atoms with Crippen LogP contribution in [-0.2, 0) is 4.74 Å². The minimum Gasteiger partial charge on any atom is -0.394 e. The maximum absolute atomic E-state index is 11.7. The summed E-state index contributed by atoms with van der Waals surface area (Å²) in [6, 6.07) is 1.48. The van der Waals surface area contributed by atoms with Crippen molar-refractivity contribution in [2.75, 3.05) is 6.61 Å². The lowest BCUT2D eigenvalue weighted by molar-refractivity contribution is -0.0775. The number of nitrogens with one attached hydrogen (secondary N) is 1. The zero-order valence-electron chi connectivity index (χ0n) is 10.5. The molecule has 1 fully saturated rings. The third-order valence-corrected chi connectivity index (χ3v) is 3.24. The number of hydrogen-bond donors (Lipinski definition) is 4. The monoisotopic (exact) mass is 283 g/mol. The third-order valence-electron chi connectivity index (χ3n) is 3.24. The first-order valence-electron chi connectivity index (χ1n) is 5.75. The molecule has 9 nitrogen and oxygen atoms in total. The summed E-state index contributed by atoms with van der Waals surface area (Å²) >= 11 is 0. The lowest BCUT2D eigenvalue weighted by atomic mass is 9.96. The molecule has 0 saturated carbocycles. The number of aliphatic hydroxyl groups excluding tert-OH is 2. The third kappa shape index (κ3) is 1.95. The highest BCUT2D eigenvalue weighted by molar-refractivity contribution is 5.16. The van der Waals surface area contributed by atoms with Gasteiger partial charge in [0, 0.05) is 11.8 Å². The summed E-state index contributed by atoms with van der Waals surface area (Å²) in [5.41, 5.74) is -3.76. The first-order chi connectivity index (χ1) is 9.35. The minimum atomic E-state index is -2.41. The van der Waals surface area contributed by atoms with Crippen molar-refractivity contribution in [1.29, 1.82) is 5.26 Å². The second kappa shape index (κ2) is 4.84. The molecule has 2 heterocycles. The molecule has 0 spiro atoms. The second-order valence-electron chi connectivity index (χ2n) is 4.57. The molecular weight excluding hydrogens is 270 g/mol. The molecule has 0 aromatic carbocycles. The van der Waals surface area contributed by atoms with Gasteiger partial charge in [-0.2, -0.15) is 5.26 Å². The van der Waals surface area contributed by atoms with E-state index in [4.69, 9.17) is 15.1 Å². The average molecular weight is 283 g/mol. The topological polar surface area (TPSA) is 149 Å². The number of hydrogen-bond acceptors (Lipinski definition) is 7. The van der Waals surface area contributed by atoms with Crippen molar-refractivity contribution in [3.05, 3.63) is 32.6 Å². The van der Waals surface area contributed by atoms with Gasteiger partial charge in [0.15, 0.2) is 6.23 Å². The Balaban J connectivity index is 2.58. The van der Waals surface area contributed by atoms with E-state index in [2.05, 4.69) is 0 Å². The molecule has 0 unspecified atom stereocenters. The van der Waals surface area contributed by atoms with Crippen LogP contribution in [0.3, 0.4) is 0 Å². The van der Waals surface area contributed by atoms with Crippen LogP contribution in [-0.4, -0.2) is 49.3 Å². The van der Waals surface area contributed by atoms with Crippen LogP contribution in [0, 0.1) is 18.3 Å². The second-order valence-corrected chi connectivity index (χ2v) is 4.57. The van der Waals surface area contributed by atoms with Crippen LogP contribution in [0.5, 0.6) is 0 Å². The predicted molar refractivity (Wildman–Crippen MR) is 63.6 cm³/mol. The van der Waals surface area contributed by atoms with Crippen LogP contribution < -0.4 is 11.2 Å². The zero-order chi connectivity index (χ0) is 15.1. The molecule has 9 heteroatoms. The SMILES string of the molecule is Cc1cn([C@@H]2O[C@H](CO)[C@@H](O)[C@@]2(O)C#N)c(=O)[nH]c1=O. The Morgan fingerprint density at radius 2 is 2.25 bits per heavy atom. The fourth-order valence-electron chi connectivity index (χ4n) is 2.08. The van der Waals surface area contributed by atoms with E-state index >= 15 is 0 Å². The Morgan fingerprint density at radius 1 is 1.60 bits per heavy atom. The van der Waals surface area contributed by atoms with E-state index in [1.54, 1.807) is 0 Å². The van der Waals surface area contributed by atoms with Gasteiger partial charge in [-0.3, -0.25) is 14.3 Å². The molecule has 0 amide bonds. The van der Waals surface area contributed by atoms with Gasteiger partial charge in [-0.15, -0.1) is 0 Å². The molecule has 1 aliphatic heterocycles. The molecule has 0 radical (unpaired) electrons. The highest BCUT2D eigenvalue weighted by Crippen LogP contribution is 2.37. The highest BCUT2D eigenvalue weighted by Gasteiger charge is 2.57. The molecule has 1 aromatic rings. The summed E-state index contributed by atoms with van der Waals surface area (Å²) in [5, 5.41) is 38.1. The van der Waals surface area contributed by atoms with E-state index in [1.807, 2.05) is 4.98 Å². The summed E-state index contributed by atoms with van der Waals surface area (Å²) in [4.78, 5) is 25.0. The van der Waals surface area contributed by atoms with Crippen LogP contribution in [0.2, 0.25) is 0 Å². The summed E-state index contributed by atoms with van der Waals surface area (Å²) in [5.74, 6) is 0. The normalized spacial score (nSPS) is 33.0. The Morgan fingerprint density at radius 3 is 2.80 bits per heavy atom. The van der Waals surface area contributed by atoms with Crippen LogP contribution >= 0.6 is 0 Å². The smallest absolute Gasteiger partial charge is 0.330 e. The summed E-state index contributed by atoms with van der Waals surface area (Å²) in [7, 11) is 0. The number of rotatable bonds is 2. The summed E-state index contributed by atoms with van der Waals surface area (Å²) in [6.07, 6.45) is -3.34. The Labute approximate surface area is 112 Å². The molecule has 0 bridgehead atoms. The van der Waals surface area contributed by atoms with E-state index < -0.39 is 41.9 Å². The number of aromatic nitrogens is 2. The van der Waals surface area contributed by atoms with Crippen molar-refractivity contribution in [1.82, 2.24) is 9.55 Å². The van der Waals surface area contributed by atoms with Gasteiger partial charge in [-0.1, -0.05) is 0 Å². The van der Waals surface area contributed by atoms with E-state index in [9.17, 15) is 19.8 Å². The average Bonchev–Trinajstić information content (AvgIpc) is 2.67. The van der Waals surface area contributed by atoms with Crippen LogP contribution in [0.25, 0.3) is 0 Å². The summed E-state index contributed by atoms with van der Waals surface area (Å²) in [6.45, 7) is 0.786. The molecule has 2 rings (SSSR count). The lowest BCUT2D eigenvalue weighted by Crippen LogP contribution is -2.48. The van der Waals surface area contributed by atoms with Gasteiger partial charge in [0.1, 0.15) is 18.3 Å². The predicted octanol–water partition coefficient (Wildman–Crippen LogP) is -2.65. The van der Waals surface area contributed by atoms with Crippen molar-refractivity contribution in [3.63, 3.8) is 0 Å². The van der Waals surface area contributed by atoms with Crippen molar-refractivity contribution in [3.8, 4) is 6.07 Å². The standard InChI is InChI=1S/C11H13N3O6/c1-5-2-14(10(18)13-8(5)17)9-11(19,4-12)7(16)6(3-15)20-9/h2,6-7,9,15-16,19H,3H2,1H3,(H,13,17,18)/t6-,7-,9-,11+/m1/s1. The summed E-state index contributed by atoms with van der Waals surface area (Å²) < 4.78 is 5.96. The van der Waals surface area contributed by atoms with Gasteiger partial charge in [0.05, 0.1) is 6.61 Å². The molecule has 1 saturated heterocycles. The van der Waals surface area contributed by atoms with E-state index in [0.717, 1.165) is 10.8 Å². The number of aryl methyl sites for hydroxylation is 1. The number of H-pyrrole nitrogens is 1. The molecule has 1 aromatic heterocycles. The zero-order valence-corrected chi connectivity index (χ0v) is 10.5. The molecular formula is C11H13N3O6. The van der Waals surface area contributed by atoms with Crippen molar-refractivity contribution >= 4 is 0 Å². The highest BCUT2D eigenvalue weighted by atomic mass is 16.6. The lowest BCUT2D eigenvalue weighted by Gasteiger charge is -2.24. The molecule has 4 N–H and O–H groups in total. The maximum Gasteiger partial charge on any atom is 0.330 e. The van der Waals surface area contributed by atoms with E-state index in [-0.39, 0.29) is 5.56 Å². The quantitative estimate of drug-likeness (QED) is 0.433. The number of aromatic amines is 1. The molecule has 0 aliphatic carbocycles. The molecule has 1 aliphatic rings. The largest absolute Gasteiger partial charge is 0.394 e. The van der Waals surface area contributed by atoms with Gasteiger partial charge >= 0.3 is 5.69 Å². The Hall–Kier alpha value is -1.99. The van der Waals surface area contributed by atoms with Crippen LogP contribution in [0.1, 0.15) is 11.8 Å². The van der Waals surface area contributed by atoms with E-state index in [1.165, 1.54) is 13.0 Å². The fraction of sp³-hybridized carbons (Fsp3) is 0.545. The molecule has 4 atom stereocenters. The van der Waals surface area contributed by atoms with Gasteiger partial charge in [-0.25, -0.2) is 4.79 Å². The van der Waals surface area contributed by atoms with Crippen molar-refractivity contribution in [2.45, 2.75) is 31.0 Å². The van der Waals surface area contributed by atoms with E-state index in [0.29, 0.717) is 0 Å². The van der Waals surface area contributed by atoms with Gasteiger partial charge in [0.25, 0.3) is 5.56 Å². The molecule has 108 valence electrons. The van der Waals surface area contributed by atoms with Gasteiger partial charge in [0.2, 0.25) is 5.60 Å². The Kier molecular flexibility index (Phi) is 3.49. The van der Waals surface area contributed by atoms with Crippen LogP contribution in [0.15, 0.2) is 15.8 Å². The fourth-order valence-corrected chi connectivity index (χ4v) is 2.08. The number of aliphatic hydroxyl groups is 3. The van der Waals surface area contributed by atoms with Crippen molar-refractivity contribution in [2.24, 2.45) is 0 Å². The van der Waals surface area contributed by atoms with Gasteiger partial charge in [-0.05, 0) is 6.92 Å². The molecule has 20 heavy (non-hydrogen) atoms. The van der Waals surface area contributed by atoms with Crippen molar-refractivity contribution < 1.29 is 20.1 Å². The first-order valence-corrected chi connectivity index (χ1v) is 5.75.